The second-order valence-corrected chi connectivity index (χ2v) is 3.99. The maximum absolute atomic E-state index is 9.25. The molecule has 86 valence electrons. The van der Waals surface area contributed by atoms with E-state index >= 15 is 0 Å². The van der Waals surface area contributed by atoms with Gasteiger partial charge in [-0.05, 0) is 33.2 Å². The van der Waals surface area contributed by atoms with Crippen molar-refractivity contribution in [3.8, 4) is 0 Å². The number of rotatable bonds is 7. The van der Waals surface area contributed by atoms with Crippen molar-refractivity contribution in [1.82, 2.24) is 14.9 Å². The van der Waals surface area contributed by atoms with Crippen LogP contribution >= 0.6 is 0 Å². The van der Waals surface area contributed by atoms with Gasteiger partial charge in [0.15, 0.2) is 0 Å². The van der Waals surface area contributed by atoms with Gasteiger partial charge in [-0.1, -0.05) is 0 Å². The first-order valence-corrected chi connectivity index (χ1v) is 5.57. The van der Waals surface area contributed by atoms with Crippen molar-refractivity contribution >= 4 is 0 Å². The summed E-state index contributed by atoms with van der Waals surface area (Å²) in [7, 11) is 0. The minimum absolute atomic E-state index is 0.179. The average Bonchev–Trinajstić information content (AvgIpc) is 2.69. The topological polar surface area (TPSA) is 50.1 Å². The Labute approximate surface area is 91.3 Å². The molecule has 2 unspecified atom stereocenters. The zero-order valence-corrected chi connectivity index (χ0v) is 9.56. The predicted molar refractivity (Wildman–Crippen MR) is 60.6 cm³/mol. The van der Waals surface area contributed by atoms with Crippen LogP contribution < -0.4 is 5.32 Å². The highest BCUT2D eigenvalue weighted by Gasteiger charge is 2.05. The second kappa shape index (κ2) is 6.58. The first-order chi connectivity index (χ1) is 7.20. The van der Waals surface area contributed by atoms with Crippen LogP contribution in [0.5, 0.6) is 0 Å². The molecular weight excluding hydrogens is 190 g/mol. The van der Waals surface area contributed by atoms with Crippen LogP contribution in [0.15, 0.2) is 18.7 Å². The Kier molecular flexibility index (Phi) is 5.36. The fourth-order valence-electron chi connectivity index (χ4n) is 1.34. The molecule has 2 atom stereocenters. The smallest absolute Gasteiger partial charge is 0.0945 e. The van der Waals surface area contributed by atoms with Crippen LogP contribution in [0.25, 0.3) is 0 Å². The van der Waals surface area contributed by atoms with Gasteiger partial charge in [-0.3, -0.25) is 0 Å². The first kappa shape index (κ1) is 12.2. The van der Waals surface area contributed by atoms with E-state index in [9.17, 15) is 5.11 Å². The van der Waals surface area contributed by atoms with Crippen molar-refractivity contribution in [3.05, 3.63) is 18.7 Å². The lowest BCUT2D eigenvalue weighted by Crippen LogP contribution is -2.36. The third-order valence-corrected chi connectivity index (χ3v) is 2.59. The van der Waals surface area contributed by atoms with Crippen LogP contribution in [-0.2, 0) is 6.54 Å². The molecule has 4 nitrogen and oxygen atoms in total. The zero-order chi connectivity index (χ0) is 11.1. The highest BCUT2D eigenvalue weighted by molar-refractivity contribution is 4.73. The average molecular weight is 211 g/mol. The van der Waals surface area contributed by atoms with E-state index in [1.165, 1.54) is 0 Å². The van der Waals surface area contributed by atoms with E-state index < -0.39 is 0 Å². The number of nitrogens with zero attached hydrogens (tertiary/aromatic N) is 2. The van der Waals surface area contributed by atoms with Gasteiger partial charge < -0.3 is 15.0 Å². The Bertz CT molecular complexity index is 246. The summed E-state index contributed by atoms with van der Waals surface area (Å²) in [4.78, 5) is 3.99. The van der Waals surface area contributed by atoms with Gasteiger partial charge in [-0.25, -0.2) is 4.98 Å². The Morgan fingerprint density at radius 2 is 2.20 bits per heavy atom. The summed E-state index contributed by atoms with van der Waals surface area (Å²) in [5.74, 6) is 0. The Balaban J connectivity index is 1.98. The van der Waals surface area contributed by atoms with Crippen molar-refractivity contribution in [2.24, 2.45) is 0 Å². The molecule has 0 spiro atoms. The highest BCUT2D eigenvalue weighted by Crippen LogP contribution is 1.96. The number of hydrogen-bond acceptors (Lipinski definition) is 3. The number of aryl methyl sites for hydroxylation is 1. The summed E-state index contributed by atoms with van der Waals surface area (Å²) >= 11 is 0. The van der Waals surface area contributed by atoms with Crippen molar-refractivity contribution in [2.45, 2.75) is 45.4 Å². The molecule has 1 aromatic heterocycles. The summed E-state index contributed by atoms with van der Waals surface area (Å²) in [5.41, 5.74) is 0. The number of aromatic nitrogens is 2. The third kappa shape index (κ3) is 4.95. The standard InChI is InChI=1S/C11H21N3O/c1-10(11(2)15)13-5-3-4-7-14-8-6-12-9-14/h6,8-11,13,15H,3-5,7H2,1-2H3. The van der Waals surface area contributed by atoms with Gasteiger partial charge in [0, 0.05) is 25.0 Å². The minimum atomic E-state index is -0.279. The Hall–Kier alpha value is -0.870. The molecule has 0 bridgehead atoms. The highest BCUT2D eigenvalue weighted by atomic mass is 16.3. The fraction of sp³-hybridized carbons (Fsp3) is 0.727. The monoisotopic (exact) mass is 211 g/mol. The molecule has 1 rings (SSSR count). The van der Waals surface area contributed by atoms with E-state index in [2.05, 4.69) is 14.9 Å². The molecule has 0 saturated heterocycles. The van der Waals surface area contributed by atoms with E-state index in [-0.39, 0.29) is 12.1 Å². The summed E-state index contributed by atoms with van der Waals surface area (Å²) in [6.07, 6.45) is 7.59. The van der Waals surface area contributed by atoms with E-state index in [4.69, 9.17) is 0 Å². The summed E-state index contributed by atoms with van der Waals surface area (Å²) < 4.78 is 2.08. The molecule has 4 heteroatoms. The number of nitrogens with one attached hydrogen (secondary N) is 1. The van der Waals surface area contributed by atoms with Crippen LogP contribution in [0.2, 0.25) is 0 Å². The maximum atomic E-state index is 9.25. The van der Waals surface area contributed by atoms with Crippen LogP contribution in [0.4, 0.5) is 0 Å². The lowest BCUT2D eigenvalue weighted by atomic mass is 10.2. The van der Waals surface area contributed by atoms with Crippen molar-refractivity contribution < 1.29 is 5.11 Å². The molecule has 2 N–H and O–H groups in total. The molecular formula is C11H21N3O. The number of hydrogen-bond donors (Lipinski definition) is 2. The quantitative estimate of drug-likeness (QED) is 0.662. The van der Waals surface area contributed by atoms with Gasteiger partial charge in [0.2, 0.25) is 0 Å². The molecule has 0 aliphatic carbocycles. The molecule has 1 heterocycles. The largest absolute Gasteiger partial charge is 0.392 e. The predicted octanol–water partition coefficient (Wildman–Crippen LogP) is 1.02. The van der Waals surface area contributed by atoms with E-state index in [0.717, 1.165) is 25.9 Å². The van der Waals surface area contributed by atoms with Gasteiger partial charge in [-0.15, -0.1) is 0 Å². The fourth-order valence-corrected chi connectivity index (χ4v) is 1.34. The second-order valence-electron chi connectivity index (χ2n) is 3.99. The summed E-state index contributed by atoms with van der Waals surface area (Å²) in [6, 6.07) is 0.179. The number of aliphatic hydroxyl groups is 1. The molecule has 0 radical (unpaired) electrons. The van der Waals surface area contributed by atoms with Crippen LogP contribution in [0.1, 0.15) is 26.7 Å². The van der Waals surface area contributed by atoms with E-state index in [1.54, 1.807) is 6.20 Å². The van der Waals surface area contributed by atoms with E-state index in [1.807, 2.05) is 26.4 Å². The molecule has 0 aliphatic rings. The van der Waals surface area contributed by atoms with E-state index in [0.29, 0.717) is 0 Å². The zero-order valence-electron chi connectivity index (χ0n) is 9.56. The summed E-state index contributed by atoms with van der Waals surface area (Å²) in [6.45, 7) is 5.79. The van der Waals surface area contributed by atoms with Crippen LogP contribution in [0, 0.1) is 0 Å². The first-order valence-electron chi connectivity index (χ1n) is 5.57. The number of unbranched alkanes of at least 4 members (excludes halogenated alkanes) is 1. The van der Waals surface area contributed by atoms with Crippen molar-refractivity contribution in [3.63, 3.8) is 0 Å². The Morgan fingerprint density at radius 3 is 2.80 bits per heavy atom. The Morgan fingerprint density at radius 1 is 1.40 bits per heavy atom. The molecule has 0 saturated carbocycles. The van der Waals surface area contributed by atoms with Gasteiger partial charge in [0.1, 0.15) is 0 Å². The molecule has 15 heavy (non-hydrogen) atoms. The van der Waals surface area contributed by atoms with Gasteiger partial charge in [0.25, 0.3) is 0 Å². The van der Waals surface area contributed by atoms with Crippen LogP contribution in [-0.4, -0.2) is 33.3 Å². The normalized spacial score (nSPS) is 15.1. The van der Waals surface area contributed by atoms with Crippen molar-refractivity contribution in [2.75, 3.05) is 6.54 Å². The molecule has 0 aromatic carbocycles. The third-order valence-electron chi connectivity index (χ3n) is 2.59. The molecule has 0 amide bonds. The molecule has 0 aliphatic heterocycles. The van der Waals surface area contributed by atoms with Gasteiger partial charge in [0.05, 0.1) is 12.4 Å². The lowest BCUT2D eigenvalue weighted by Gasteiger charge is -2.16. The lowest BCUT2D eigenvalue weighted by molar-refractivity contribution is 0.152. The number of aliphatic hydroxyl groups excluding tert-OH is 1. The van der Waals surface area contributed by atoms with Gasteiger partial charge in [-0.2, -0.15) is 0 Å². The van der Waals surface area contributed by atoms with Gasteiger partial charge >= 0.3 is 0 Å². The summed E-state index contributed by atoms with van der Waals surface area (Å²) in [5, 5.41) is 12.5. The van der Waals surface area contributed by atoms with Crippen LogP contribution in [0.3, 0.4) is 0 Å². The number of imidazole rings is 1. The maximum Gasteiger partial charge on any atom is 0.0945 e. The molecule has 1 aromatic rings. The van der Waals surface area contributed by atoms with Crippen molar-refractivity contribution in [1.29, 1.82) is 0 Å². The minimum Gasteiger partial charge on any atom is -0.392 e. The molecule has 0 fully saturated rings. The SMILES string of the molecule is CC(O)C(C)NCCCCn1ccnc1.